The van der Waals surface area contributed by atoms with Crippen LogP contribution in [-0.4, -0.2) is 12.7 Å². The fourth-order valence-electron chi connectivity index (χ4n) is 1.93. The highest BCUT2D eigenvalue weighted by atomic mass is 16.5. The van der Waals surface area contributed by atoms with Gasteiger partial charge in [0.05, 0.1) is 6.10 Å². The van der Waals surface area contributed by atoms with Crippen molar-refractivity contribution in [3.63, 3.8) is 0 Å². The lowest BCUT2D eigenvalue weighted by Gasteiger charge is -2.35. The van der Waals surface area contributed by atoms with Gasteiger partial charge in [-0.3, -0.25) is 0 Å². The molecule has 2 rings (SSSR count). The highest BCUT2D eigenvalue weighted by molar-refractivity contribution is 5.22. The molecule has 0 heterocycles. The third kappa shape index (κ3) is 1.92. The van der Waals surface area contributed by atoms with Crippen LogP contribution in [0.25, 0.3) is 0 Å². The van der Waals surface area contributed by atoms with Gasteiger partial charge in [-0.15, -0.1) is 0 Å². The average Bonchev–Trinajstić information content (AvgIpc) is 2.12. The fourth-order valence-corrected chi connectivity index (χ4v) is 1.93. The van der Waals surface area contributed by atoms with Crippen LogP contribution in [0.4, 0.5) is 0 Å². The minimum atomic E-state index is 0.523. The average molecular weight is 176 g/mol. The summed E-state index contributed by atoms with van der Waals surface area (Å²) in [5.41, 5.74) is 1.47. The summed E-state index contributed by atoms with van der Waals surface area (Å²) in [7, 11) is 0. The molecule has 1 aromatic rings. The Labute approximate surface area is 79.7 Å². The molecule has 1 saturated carbocycles. The zero-order chi connectivity index (χ0) is 9.10. The van der Waals surface area contributed by atoms with Crippen molar-refractivity contribution in [3.05, 3.63) is 35.9 Å². The van der Waals surface area contributed by atoms with Crippen LogP contribution >= 0.6 is 0 Å². The van der Waals surface area contributed by atoms with Crippen LogP contribution in [0.15, 0.2) is 30.3 Å². The second-order valence-electron chi connectivity index (χ2n) is 3.66. The Bertz CT molecular complexity index is 249. The van der Waals surface area contributed by atoms with Crippen molar-refractivity contribution in [3.8, 4) is 0 Å². The first-order valence-corrected chi connectivity index (χ1v) is 5.06. The third-order valence-corrected chi connectivity index (χ3v) is 2.77. The van der Waals surface area contributed by atoms with Gasteiger partial charge in [0.15, 0.2) is 0 Å². The molecule has 13 heavy (non-hydrogen) atoms. The lowest BCUT2D eigenvalue weighted by Crippen LogP contribution is -2.29. The molecular weight excluding hydrogens is 160 g/mol. The van der Waals surface area contributed by atoms with Crippen LogP contribution in [0, 0.1) is 0 Å². The van der Waals surface area contributed by atoms with Crippen molar-refractivity contribution in [2.24, 2.45) is 0 Å². The van der Waals surface area contributed by atoms with Crippen LogP contribution in [-0.2, 0) is 4.74 Å². The number of benzene rings is 1. The molecule has 0 saturated heterocycles. The molecule has 0 spiro atoms. The second kappa shape index (κ2) is 3.93. The van der Waals surface area contributed by atoms with E-state index < -0.39 is 0 Å². The van der Waals surface area contributed by atoms with E-state index in [0.717, 1.165) is 12.5 Å². The summed E-state index contributed by atoms with van der Waals surface area (Å²) in [5.74, 6) is 0.748. The van der Waals surface area contributed by atoms with Crippen molar-refractivity contribution in [1.82, 2.24) is 0 Å². The molecule has 1 aromatic carbocycles. The summed E-state index contributed by atoms with van der Waals surface area (Å²) in [5, 5.41) is 0. The smallest absolute Gasteiger partial charge is 0.0586 e. The van der Waals surface area contributed by atoms with E-state index in [2.05, 4.69) is 37.3 Å². The lowest BCUT2D eigenvalue weighted by atomic mass is 9.77. The minimum Gasteiger partial charge on any atom is -0.378 e. The van der Waals surface area contributed by atoms with Crippen LogP contribution in [0.5, 0.6) is 0 Å². The van der Waals surface area contributed by atoms with Gasteiger partial charge in [0.25, 0.3) is 0 Å². The Hall–Kier alpha value is -0.820. The van der Waals surface area contributed by atoms with Crippen LogP contribution in [0.3, 0.4) is 0 Å². The topological polar surface area (TPSA) is 9.23 Å². The first kappa shape index (κ1) is 8.76. The monoisotopic (exact) mass is 176 g/mol. The molecule has 0 aromatic heterocycles. The van der Waals surface area contributed by atoms with E-state index in [1.165, 1.54) is 18.4 Å². The fraction of sp³-hybridized carbons (Fsp3) is 0.500. The second-order valence-corrected chi connectivity index (χ2v) is 3.66. The van der Waals surface area contributed by atoms with Gasteiger partial charge in [-0.1, -0.05) is 30.3 Å². The molecule has 0 atom stereocenters. The molecular formula is C12H16O. The summed E-state index contributed by atoms with van der Waals surface area (Å²) < 4.78 is 5.53. The van der Waals surface area contributed by atoms with Crippen molar-refractivity contribution < 1.29 is 4.74 Å². The normalized spacial score (nSPS) is 26.8. The molecule has 1 aliphatic carbocycles. The Kier molecular flexibility index (Phi) is 2.65. The van der Waals surface area contributed by atoms with Crippen LogP contribution in [0.2, 0.25) is 0 Å². The summed E-state index contributed by atoms with van der Waals surface area (Å²) in [4.78, 5) is 0. The molecule has 0 bridgehead atoms. The highest BCUT2D eigenvalue weighted by Gasteiger charge is 2.30. The Morgan fingerprint density at radius 1 is 1.23 bits per heavy atom. The maximum atomic E-state index is 5.53. The zero-order valence-electron chi connectivity index (χ0n) is 8.07. The Morgan fingerprint density at radius 2 is 1.92 bits per heavy atom. The predicted molar refractivity (Wildman–Crippen MR) is 53.8 cm³/mol. The van der Waals surface area contributed by atoms with Gasteiger partial charge in [-0.2, -0.15) is 0 Å². The van der Waals surface area contributed by atoms with E-state index in [1.54, 1.807) is 0 Å². The summed E-state index contributed by atoms with van der Waals surface area (Å²) in [6.45, 7) is 2.92. The van der Waals surface area contributed by atoms with E-state index in [-0.39, 0.29) is 0 Å². The molecule has 0 radical (unpaired) electrons. The number of rotatable bonds is 3. The van der Waals surface area contributed by atoms with Crippen molar-refractivity contribution >= 4 is 0 Å². The Morgan fingerprint density at radius 3 is 2.54 bits per heavy atom. The SMILES string of the molecule is CCOC1CC(c2ccccc2)C1. The molecule has 1 fully saturated rings. The molecule has 0 aliphatic heterocycles. The van der Waals surface area contributed by atoms with E-state index in [1.807, 2.05) is 0 Å². The molecule has 1 nitrogen and oxygen atoms in total. The molecule has 70 valence electrons. The van der Waals surface area contributed by atoms with Crippen molar-refractivity contribution in [1.29, 1.82) is 0 Å². The third-order valence-electron chi connectivity index (χ3n) is 2.77. The van der Waals surface area contributed by atoms with Gasteiger partial charge in [-0.05, 0) is 31.2 Å². The van der Waals surface area contributed by atoms with E-state index in [9.17, 15) is 0 Å². The maximum Gasteiger partial charge on any atom is 0.0586 e. The van der Waals surface area contributed by atoms with E-state index >= 15 is 0 Å². The number of hydrogen-bond acceptors (Lipinski definition) is 1. The van der Waals surface area contributed by atoms with Gasteiger partial charge in [-0.25, -0.2) is 0 Å². The largest absolute Gasteiger partial charge is 0.378 e. The molecule has 1 aliphatic rings. The quantitative estimate of drug-likeness (QED) is 0.688. The predicted octanol–water partition coefficient (Wildman–Crippen LogP) is 2.97. The van der Waals surface area contributed by atoms with Crippen molar-refractivity contribution in [2.75, 3.05) is 6.61 Å². The first-order valence-electron chi connectivity index (χ1n) is 5.06. The molecule has 0 N–H and O–H groups in total. The van der Waals surface area contributed by atoms with E-state index in [0.29, 0.717) is 6.10 Å². The Balaban J connectivity index is 1.87. The summed E-state index contributed by atoms with van der Waals surface area (Å²) >= 11 is 0. The van der Waals surface area contributed by atoms with Gasteiger partial charge in [0.2, 0.25) is 0 Å². The van der Waals surface area contributed by atoms with E-state index in [4.69, 9.17) is 4.74 Å². The highest BCUT2D eigenvalue weighted by Crippen LogP contribution is 2.38. The number of hydrogen-bond donors (Lipinski definition) is 0. The maximum absolute atomic E-state index is 5.53. The van der Waals surface area contributed by atoms with Gasteiger partial charge in [0.1, 0.15) is 0 Å². The number of ether oxygens (including phenoxy) is 1. The van der Waals surface area contributed by atoms with Crippen LogP contribution < -0.4 is 0 Å². The molecule has 0 amide bonds. The molecule has 1 heteroatoms. The lowest BCUT2D eigenvalue weighted by molar-refractivity contribution is -0.00318. The van der Waals surface area contributed by atoms with Gasteiger partial charge >= 0.3 is 0 Å². The van der Waals surface area contributed by atoms with Crippen molar-refractivity contribution in [2.45, 2.75) is 31.8 Å². The first-order chi connectivity index (χ1) is 6.40. The minimum absolute atomic E-state index is 0.523. The summed E-state index contributed by atoms with van der Waals surface area (Å²) in [6.07, 6.45) is 2.94. The van der Waals surface area contributed by atoms with Gasteiger partial charge < -0.3 is 4.74 Å². The van der Waals surface area contributed by atoms with Crippen LogP contribution in [0.1, 0.15) is 31.2 Å². The summed E-state index contributed by atoms with van der Waals surface area (Å²) in [6, 6.07) is 10.7. The zero-order valence-corrected chi connectivity index (χ0v) is 8.07. The molecule has 0 unspecified atom stereocenters. The standard InChI is InChI=1S/C12H16O/c1-2-13-12-8-11(9-12)10-6-4-3-5-7-10/h3-7,11-12H,2,8-9H2,1H3. The van der Waals surface area contributed by atoms with Gasteiger partial charge in [0, 0.05) is 6.61 Å².